The van der Waals surface area contributed by atoms with Gasteiger partial charge < -0.3 is 10.6 Å². The van der Waals surface area contributed by atoms with Gasteiger partial charge >= 0.3 is 0 Å². The topological polar surface area (TPSA) is 42.1 Å². The highest BCUT2D eigenvalue weighted by Crippen LogP contribution is 2.33. The normalized spacial score (nSPS) is 17.8. The molecule has 1 aromatic carbocycles. The third-order valence-electron chi connectivity index (χ3n) is 3.60. The summed E-state index contributed by atoms with van der Waals surface area (Å²) in [5.74, 6) is 0.713. The molecule has 1 saturated heterocycles. The first-order chi connectivity index (χ1) is 8.38. The van der Waals surface area contributed by atoms with Crippen molar-refractivity contribution in [2.75, 3.05) is 24.5 Å². The Morgan fingerprint density at radius 3 is 2.82 bits per heavy atom. The number of nitrogens with two attached hydrogens (primary N) is 1. The van der Waals surface area contributed by atoms with E-state index >= 15 is 0 Å². The van der Waals surface area contributed by atoms with Gasteiger partial charge in [-0.3, -0.25) is 0 Å². The third kappa shape index (κ3) is 2.03. The van der Waals surface area contributed by atoms with Crippen LogP contribution in [0.4, 0.5) is 5.00 Å². The van der Waals surface area contributed by atoms with E-state index in [1.54, 1.807) is 11.5 Å². The van der Waals surface area contributed by atoms with Crippen LogP contribution < -0.4 is 10.6 Å². The molecule has 0 atom stereocenters. The van der Waals surface area contributed by atoms with Gasteiger partial charge in [-0.15, -0.1) is 0 Å². The third-order valence-corrected chi connectivity index (χ3v) is 4.54. The SMILES string of the molecule is NCC1CCN(c2snc3ccccc23)CC1. The number of piperidine rings is 1. The minimum absolute atomic E-state index is 0.713. The summed E-state index contributed by atoms with van der Waals surface area (Å²) in [6.07, 6.45) is 2.42. The van der Waals surface area contributed by atoms with Crippen LogP contribution in [0.2, 0.25) is 0 Å². The molecule has 0 saturated carbocycles. The summed E-state index contributed by atoms with van der Waals surface area (Å²) in [5.41, 5.74) is 6.85. The summed E-state index contributed by atoms with van der Waals surface area (Å²) in [6.45, 7) is 3.07. The fraction of sp³-hybridized carbons (Fsp3) is 0.462. The smallest absolute Gasteiger partial charge is 0.119 e. The van der Waals surface area contributed by atoms with Gasteiger partial charge in [0.2, 0.25) is 0 Å². The van der Waals surface area contributed by atoms with Crippen LogP contribution in [0.25, 0.3) is 10.9 Å². The molecule has 2 aromatic rings. The molecule has 0 amide bonds. The maximum atomic E-state index is 5.73. The molecule has 2 N–H and O–H groups in total. The summed E-state index contributed by atoms with van der Waals surface area (Å²) in [5, 5.41) is 2.62. The Labute approximate surface area is 105 Å². The van der Waals surface area contributed by atoms with Crippen molar-refractivity contribution < 1.29 is 0 Å². The van der Waals surface area contributed by atoms with Crippen LogP contribution in [0.5, 0.6) is 0 Å². The lowest BCUT2D eigenvalue weighted by Crippen LogP contribution is -2.35. The summed E-state index contributed by atoms with van der Waals surface area (Å²) in [6, 6.07) is 8.39. The van der Waals surface area contributed by atoms with E-state index in [4.69, 9.17) is 5.73 Å². The molecular weight excluding hydrogens is 230 g/mol. The van der Waals surface area contributed by atoms with Crippen molar-refractivity contribution in [3.63, 3.8) is 0 Å². The van der Waals surface area contributed by atoms with Crippen LogP contribution in [-0.4, -0.2) is 24.0 Å². The number of benzene rings is 1. The second-order valence-electron chi connectivity index (χ2n) is 4.67. The maximum Gasteiger partial charge on any atom is 0.119 e. The molecule has 0 bridgehead atoms. The van der Waals surface area contributed by atoms with Crippen molar-refractivity contribution in [2.45, 2.75) is 12.8 Å². The van der Waals surface area contributed by atoms with Gasteiger partial charge in [0, 0.05) is 18.5 Å². The zero-order valence-electron chi connectivity index (χ0n) is 9.80. The highest BCUT2D eigenvalue weighted by atomic mass is 32.1. The predicted molar refractivity (Wildman–Crippen MR) is 73.6 cm³/mol. The Hall–Kier alpha value is -1.13. The molecular formula is C13H17N3S. The number of fused-ring (bicyclic) bond motifs is 1. The van der Waals surface area contributed by atoms with Crippen LogP contribution >= 0.6 is 11.5 Å². The molecule has 1 aliphatic rings. The van der Waals surface area contributed by atoms with Gasteiger partial charge in [0.15, 0.2) is 0 Å². The molecule has 0 radical (unpaired) electrons. The molecule has 1 fully saturated rings. The number of hydrogen-bond acceptors (Lipinski definition) is 4. The fourth-order valence-corrected chi connectivity index (χ4v) is 3.39. The maximum absolute atomic E-state index is 5.73. The van der Waals surface area contributed by atoms with Gasteiger partial charge in [0.1, 0.15) is 5.00 Å². The lowest BCUT2D eigenvalue weighted by Gasteiger charge is -2.31. The first-order valence-electron chi connectivity index (χ1n) is 6.18. The van der Waals surface area contributed by atoms with Crippen LogP contribution in [0.1, 0.15) is 12.8 Å². The van der Waals surface area contributed by atoms with Gasteiger partial charge in [-0.05, 0) is 49.0 Å². The summed E-state index contributed by atoms with van der Waals surface area (Å²) in [4.78, 5) is 2.46. The van der Waals surface area contributed by atoms with E-state index in [0.717, 1.165) is 25.2 Å². The first-order valence-corrected chi connectivity index (χ1v) is 6.95. The quantitative estimate of drug-likeness (QED) is 0.886. The van der Waals surface area contributed by atoms with E-state index in [2.05, 4.69) is 27.5 Å². The largest absolute Gasteiger partial charge is 0.362 e. The number of rotatable bonds is 2. The van der Waals surface area contributed by atoms with Crippen molar-refractivity contribution in [2.24, 2.45) is 11.7 Å². The van der Waals surface area contributed by atoms with Crippen LogP contribution in [0, 0.1) is 5.92 Å². The average Bonchev–Trinajstić information content (AvgIpc) is 2.83. The van der Waals surface area contributed by atoms with Crippen molar-refractivity contribution in [3.8, 4) is 0 Å². The Bertz CT molecular complexity index is 500. The monoisotopic (exact) mass is 247 g/mol. The number of nitrogens with zero attached hydrogens (tertiary/aromatic N) is 2. The van der Waals surface area contributed by atoms with Crippen LogP contribution in [0.3, 0.4) is 0 Å². The second-order valence-corrected chi connectivity index (χ2v) is 5.42. The van der Waals surface area contributed by atoms with E-state index in [1.165, 1.54) is 23.2 Å². The Morgan fingerprint density at radius 1 is 1.29 bits per heavy atom. The zero-order chi connectivity index (χ0) is 11.7. The van der Waals surface area contributed by atoms with Crippen molar-refractivity contribution in [3.05, 3.63) is 24.3 Å². The summed E-state index contributed by atoms with van der Waals surface area (Å²) >= 11 is 1.62. The molecule has 17 heavy (non-hydrogen) atoms. The predicted octanol–water partition coefficient (Wildman–Crippen LogP) is 2.47. The highest BCUT2D eigenvalue weighted by molar-refractivity contribution is 7.11. The lowest BCUT2D eigenvalue weighted by molar-refractivity contribution is 0.416. The Balaban J connectivity index is 1.85. The van der Waals surface area contributed by atoms with E-state index in [0.29, 0.717) is 5.92 Å². The number of aromatic nitrogens is 1. The minimum Gasteiger partial charge on any atom is -0.362 e. The zero-order valence-corrected chi connectivity index (χ0v) is 10.6. The van der Waals surface area contributed by atoms with Crippen molar-refractivity contribution >= 4 is 27.4 Å². The van der Waals surface area contributed by atoms with E-state index in [1.807, 2.05) is 6.07 Å². The molecule has 0 unspecified atom stereocenters. The van der Waals surface area contributed by atoms with Crippen LogP contribution in [-0.2, 0) is 0 Å². The van der Waals surface area contributed by atoms with Crippen LogP contribution in [0.15, 0.2) is 24.3 Å². The fourth-order valence-electron chi connectivity index (χ4n) is 2.48. The van der Waals surface area contributed by atoms with Crippen molar-refractivity contribution in [1.82, 2.24) is 4.37 Å². The highest BCUT2D eigenvalue weighted by Gasteiger charge is 2.20. The van der Waals surface area contributed by atoms with E-state index in [9.17, 15) is 0 Å². The van der Waals surface area contributed by atoms with Gasteiger partial charge in [-0.2, -0.15) is 4.37 Å². The standard InChI is InChI=1S/C13H17N3S/c14-9-10-5-7-16(8-6-10)13-11-3-1-2-4-12(11)15-17-13/h1-4,10H,5-9,14H2. The van der Waals surface area contributed by atoms with E-state index < -0.39 is 0 Å². The molecule has 1 aromatic heterocycles. The first kappa shape index (κ1) is 11.0. The number of hydrogen-bond donors (Lipinski definition) is 1. The summed E-state index contributed by atoms with van der Waals surface area (Å²) < 4.78 is 4.51. The van der Waals surface area contributed by atoms with Gasteiger partial charge in [-0.1, -0.05) is 12.1 Å². The lowest BCUT2D eigenvalue weighted by atomic mass is 9.97. The molecule has 3 nitrogen and oxygen atoms in total. The Kier molecular flexibility index (Phi) is 2.99. The van der Waals surface area contributed by atoms with E-state index in [-0.39, 0.29) is 0 Å². The minimum atomic E-state index is 0.713. The molecule has 1 aliphatic heterocycles. The molecule has 0 aliphatic carbocycles. The molecule has 3 rings (SSSR count). The molecule has 90 valence electrons. The molecule has 2 heterocycles. The van der Waals surface area contributed by atoms with Gasteiger partial charge in [0.05, 0.1) is 5.52 Å². The molecule has 4 heteroatoms. The second kappa shape index (κ2) is 4.63. The average molecular weight is 247 g/mol. The summed E-state index contributed by atoms with van der Waals surface area (Å²) in [7, 11) is 0. The Morgan fingerprint density at radius 2 is 2.06 bits per heavy atom. The molecule has 0 spiro atoms. The number of anilines is 1. The van der Waals surface area contributed by atoms with Gasteiger partial charge in [-0.25, -0.2) is 0 Å². The van der Waals surface area contributed by atoms with Crippen molar-refractivity contribution in [1.29, 1.82) is 0 Å². The van der Waals surface area contributed by atoms with Gasteiger partial charge in [0.25, 0.3) is 0 Å².